The number of likely N-dealkylation sites (N-methyl/N-ethyl adjacent to an activating group) is 1. The van der Waals surface area contributed by atoms with Crippen LogP contribution < -0.4 is 10.6 Å². The van der Waals surface area contributed by atoms with E-state index in [1.807, 2.05) is 24.3 Å². The molecule has 1 aliphatic heterocycles. The first-order valence-corrected chi connectivity index (χ1v) is 11.9. The maximum atomic E-state index is 12.7. The van der Waals surface area contributed by atoms with E-state index in [4.69, 9.17) is 9.47 Å². The smallest absolute Gasteiger partial charge is 0.270 e. The Balaban J connectivity index is 1.65. The number of aldehydes is 1. The molecule has 2 aliphatic rings. The molecule has 5 bridgehead atoms. The highest BCUT2D eigenvalue weighted by atomic mass is 16.5. The fourth-order valence-electron chi connectivity index (χ4n) is 4.42. The zero-order chi connectivity index (χ0) is 25.5. The lowest BCUT2D eigenvalue weighted by Crippen LogP contribution is -2.39. The van der Waals surface area contributed by atoms with Gasteiger partial charge in [0.15, 0.2) is 0 Å². The van der Waals surface area contributed by atoms with E-state index in [0.29, 0.717) is 57.3 Å². The van der Waals surface area contributed by atoms with Crippen LogP contribution in [0.15, 0.2) is 30.5 Å². The molecule has 190 valence electrons. The molecule has 36 heavy (non-hydrogen) atoms. The normalized spacial score (nSPS) is 22.3. The Labute approximate surface area is 210 Å². The van der Waals surface area contributed by atoms with E-state index in [0.717, 1.165) is 23.0 Å². The number of hydrogen-bond donors (Lipinski definition) is 2. The largest absolute Gasteiger partial charge is 0.377 e. The number of fused-ring (bicyclic) bond motifs is 5. The second-order valence-corrected chi connectivity index (χ2v) is 8.93. The van der Waals surface area contributed by atoms with Gasteiger partial charge < -0.3 is 29.8 Å². The standard InChI is InChI=1S/C26H31N5O5/c1-27-24-20-12-18(15-28-24)4-3-8-35-10-11-36-9-7-31(2)23(33)16-29-25(34)21-6-5-19-13-26(20,17-32)14-22(19)30-21/h3-6,12,15,17H,7-11,13-14,16H2,1-2H3,(H,27,28)(H,29,34)/b4-3+. The van der Waals surface area contributed by atoms with Crippen molar-refractivity contribution in [3.63, 3.8) is 0 Å². The zero-order valence-electron chi connectivity index (χ0n) is 20.6. The summed E-state index contributed by atoms with van der Waals surface area (Å²) in [6, 6.07) is 5.42. The van der Waals surface area contributed by atoms with Crippen molar-refractivity contribution >= 4 is 30.0 Å². The van der Waals surface area contributed by atoms with E-state index in [1.165, 1.54) is 4.90 Å². The third-order valence-electron chi connectivity index (χ3n) is 6.49. The van der Waals surface area contributed by atoms with Crippen molar-refractivity contribution in [2.45, 2.75) is 18.3 Å². The molecule has 10 heteroatoms. The first kappa shape index (κ1) is 25.5. The van der Waals surface area contributed by atoms with Crippen molar-refractivity contribution < 1.29 is 23.9 Å². The molecule has 3 heterocycles. The van der Waals surface area contributed by atoms with E-state index in [2.05, 4.69) is 20.6 Å². The van der Waals surface area contributed by atoms with E-state index in [1.54, 1.807) is 26.4 Å². The van der Waals surface area contributed by atoms with Crippen LogP contribution in [0.1, 0.15) is 32.9 Å². The zero-order valence-corrected chi connectivity index (χ0v) is 20.6. The third kappa shape index (κ3) is 5.60. The van der Waals surface area contributed by atoms with Crippen molar-refractivity contribution in [2.24, 2.45) is 0 Å². The number of aromatic nitrogens is 2. The molecule has 1 unspecified atom stereocenters. The number of carbonyl (C=O) groups is 3. The SMILES string of the molecule is CNc1ncc2cc1C1(C=O)Cc3ccc(nc3C1)C(=O)NCC(=O)N(C)CCOCCOC/C=C/2. The number of carbonyl (C=O) groups excluding carboxylic acids is 3. The number of rotatable bonds is 2. The lowest BCUT2D eigenvalue weighted by atomic mass is 9.79. The van der Waals surface area contributed by atoms with Gasteiger partial charge in [0.2, 0.25) is 5.91 Å². The van der Waals surface area contributed by atoms with E-state index >= 15 is 0 Å². The number of nitrogens with one attached hydrogen (secondary N) is 2. The Kier molecular flexibility index (Phi) is 8.07. The van der Waals surface area contributed by atoms with Crippen molar-refractivity contribution in [3.8, 4) is 0 Å². The molecule has 0 fully saturated rings. The quantitative estimate of drug-likeness (QED) is 0.594. The Morgan fingerprint density at radius 2 is 2.00 bits per heavy atom. The lowest BCUT2D eigenvalue weighted by molar-refractivity contribution is -0.129. The number of ether oxygens (including phenoxy) is 2. The van der Waals surface area contributed by atoms with Crippen LogP contribution in [0, 0.1) is 0 Å². The number of hydrogen-bond acceptors (Lipinski definition) is 8. The Bertz CT molecular complexity index is 1170. The predicted octanol–water partition coefficient (Wildman–Crippen LogP) is 1.00. The van der Waals surface area contributed by atoms with Crippen molar-refractivity contribution in [1.82, 2.24) is 20.2 Å². The van der Waals surface area contributed by atoms with Crippen molar-refractivity contribution in [3.05, 3.63) is 58.6 Å². The summed E-state index contributed by atoms with van der Waals surface area (Å²) in [5.41, 5.74) is 2.57. The molecule has 0 saturated heterocycles. The monoisotopic (exact) mass is 493 g/mol. The minimum absolute atomic E-state index is 0.147. The average Bonchev–Trinajstić information content (AvgIpc) is 3.29. The van der Waals surface area contributed by atoms with Gasteiger partial charge in [-0.25, -0.2) is 9.97 Å². The molecule has 1 atom stereocenters. The number of amides is 2. The van der Waals surface area contributed by atoms with Gasteiger partial charge in [0, 0.05) is 44.5 Å². The number of pyridine rings is 2. The van der Waals surface area contributed by atoms with Crippen LogP contribution in [0.4, 0.5) is 5.82 Å². The summed E-state index contributed by atoms with van der Waals surface area (Å²) in [5, 5.41) is 5.73. The van der Waals surface area contributed by atoms with Crippen LogP contribution in [0.2, 0.25) is 0 Å². The van der Waals surface area contributed by atoms with Gasteiger partial charge >= 0.3 is 0 Å². The van der Waals surface area contributed by atoms with E-state index in [-0.39, 0.29) is 18.1 Å². The Morgan fingerprint density at radius 3 is 2.81 bits per heavy atom. The average molecular weight is 494 g/mol. The van der Waals surface area contributed by atoms with Gasteiger partial charge in [-0.15, -0.1) is 0 Å². The highest BCUT2D eigenvalue weighted by Crippen LogP contribution is 2.40. The Hall–Kier alpha value is -3.63. The van der Waals surface area contributed by atoms with Gasteiger partial charge in [0.25, 0.3) is 5.91 Å². The first-order valence-electron chi connectivity index (χ1n) is 11.9. The maximum Gasteiger partial charge on any atom is 0.270 e. The summed E-state index contributed by atoms with van der Waals surface area (Å²) in [6.07, 6.45) is 7.30. The summed E-state index contributed by atoms with van der Waals surface area (Å²) in [7, 11) is 3.43. The highest BCUT2D eigenvalue weighted by Gasteiger charge is 2.42. The van der Waals surface area contributed by atoms with E-state index < -0.39 is 11.3 Å². The van der Waals surface area contributed by atoms with Gasteiger partial charge in [-0.2, -0.15) is 0 Å². The van der Waals surface area contributed by atoms with Crippen LogP contribution in [0.3, 0.4) is 0 Å². The topological polar surface area (TPSA) is 123 Å². The predicted molar refractivity (Wildman–Crippen MR) is 134 cm³/mol. The Morgan fingerprint density at radius 1 is 1.17 bits per heavy atom. The van der Waals surface area contributed by atoms with Crippen molar-refractivity contribution in [1.29, 1.82) is 0 Å². The van der Waals surface area contributed by atoms with Gasteiger partial charge in [-0.1, -0.05) is 18.2 Å². The van der Waals surface area contributed by atoms with Gasteiger partial charge in [0.1, 0.15) is 17.8 Å². The minimum Gasteiger partial charge on any atom is -0.377 e. The summed E-state index contributed by atoms with van der Waals surface area (Å²) in [6.45, 7) is 1.85. The molecular formula is C26H31N5O5. The van der Waals surface area contributed by atoms with Crippen LogP contribution in [-0.2, 0) is 37.3 Å². The maximum absolute atomic E-state index is 12.7. The first-order chi connectivity index (χ1) is 17.5. The van der Waals surface area contributed by atoms with Gasteiger partial charge in [-0.05, 0) is 29.7 Å². The second-order valence-electron chi connectivity index (χ2n) is 8.93. The van der Waals surface area contributed by atoms with E-state index in [9.17, 15) is 14.4 Å². The number of anilines is 1. The van der Waals surface area contributed by atoms with Crippen molar-refractivity contribution in [2.75, 3.05) is 58.9 Å². The molecule has 2 amide bonds. The molecule has 2 N–H and O–H groups in total. The summed E-state index contributed by atoms with van der Waals surface area (Å²) in [5.74, 6) is -0.0532. The molecular weight excluding hydrogens is 462 g/mol. The molecule has 0 radical (unpaired) electrons. The van der Waals surface area contributed by atoms with Crippen LogP contribution in [0.5, 0.6) is 0 Å². The van der Waals surface area contributed by atoms with Crippen LogP contribution >= 0.6 is 0 Å². The fourth-order valence-corrected chi connectivity index (χ4v) is 4.42. The number of nitrogens with zero attached hydrogens (tertiary/aromatic N) is 3. The summed E-state index contributed by atoms with van der Waals surface area (Å²) < 4.78 is 11.1. The minimum atomic E-state index is -0.858. The molecule has 0 spiro atoms. The van der Waals surface area contributed by atoms with Crippen LogP contribution in [-0.4, -0.2) is 86.6 Å². The van der Waals surface area contributed by atoms with Crippen LogP contribution in [0.25, 0.3) is 6.08 Å². The lowest BCUT2D eigenvalue weighted by Gasteiger charge is -2.25. The molecule has 0 saturated carbocycles. The van der Waals surface area contributed by atoms with Gasteiger partial charge in [0.05, 0.1) is 38.4 Å². The molecule has 2 aromatic heterocycles. The molecule has 0 aromatic carbocycles. The molecule has 1 aliphatic carbocycles. The summed E-state index contributed by atoms with van der Waals surface area (Å²) in [4.78, 5) is 48.2. The summed E-state index contributed by atoms with van der Waals surface area (Å²) >= 11 is 0. The third-order valence-corrected chi connectivity index (χ3v) is 6.49. The molecule has 4 rings (SSSR count). The van der Waals surface area contributed by atoms with Gasteiger partial charge in [-0.3, -0.25) is 9.59 Å². The fraction of sp³-hybridized carbons (Fsp3) is 0.423. The second kappa shape index (κ2) is 11.4. The molecule has 2 aromatic rings. The molecule has 10 nitrogen and oxygen atoms in total. The highest BCUT2D eigenvalue weighted by molar-refractivity contribution is 5.95.